The molecule has 2 heterocycles. The molecule has 0 radical (unpaired) electrons. The molecule has 0 amide bonds. The smallest absolute Gasteiger partial charge is 0.0562 e. The second-order valence-corrected chi connectivity index (χ2v) is 21.0. The third kappa shape index (κ3) is 11.0. The number of hydrogen-bond donors (Lipinski definition) is 0. The number of nitrogens with zero attached hydrogens (tertiary/aromatic N) is 4. The van der Waals surface area contributed by atoms with E-state index in [0.29, 0.717) is 0 Å². The van der Waals surface area contributed by atoms with E-state index in [-0.39, 0.29) is 0 Å². The number of anilines is 4. The number of rotatable bonds is 9. The molecule has 15 aromatic rings. The first-order valence-corrected chi connectivity index (χ1v) is 29.4. The first-order chi connectivity index (χ1) is 41.9. The lowest BCUT2D eigenvalue weighted by atomic mass is 9.99. The van der Waals surface area contributed by atoms with E-state index >= 15 is 0 Å². The molecule has 0 saturated carbocycles. The normalized spacial score (nSPS) is 11.1. The number of fused-ring (bicyclic) bond motifs is 10. The van der Waals surface area contributed by atoms with Gasteiger partial charge in [0, 0.05) is 69.8 Å². The number of aromatic nitrogens is 2. The Hall–Kier alpha value is -10.7. The first kappa shape index (κ1) is 54.9. The summed E-state index contributed by atoms with van der Waals surface area (Å²) in [5, 5.41) is 12.7. The number of hydrogen-bond acceptors (Lipinski definition) is 2. The molecular formula is C81H68N4. The fourth-order valence-electron chi connectivity index (χ4n) is 11.8. The molecule has 85 heavy (non-hydrogen) atoms. The van der Waals surface area contributed by atoms with E-state index in [1.807, 2.05) is 39.0 Å². The summed E-state index contributed by atoms with van der Waals surface area (Å²) in [5.74, 6) is 0. The van der Waals surface area contributed by atoms with Crippen molar-refractivity contribution in [1.29, 1.82) is 0 Å². The van der Waals surface area contributed by atoms with Gasteiger partial charge in [0.15, 0.2) is 0 Å². The van der Waals surface area contributed by atoms with Crippen LogP contribution in [0.4, 0.5) is 22.7 Å². The Balaban J connectivity index is 0.000000153. The van der Waals surface area contributed by atoms with Crippen LogP contribution in [0, 0.1) is 0 Å². The molecule has 2 aromatic heterocycles. The van der Waals surface area contributed by atoms with Crippen LogP contribution < -0.4 is 9.80 Å². The van der Waals surface area contributed by atoms with Crippen LogP contribution in [0.25, 0.3) is 110 Å². The van der Waals surface area contributed by atoms with E-state index in [9.17, 15) is 0 Å². The van der Waals surface area contributed by atoms with Gasteiger partial charge in [-0.3, -0.25) is 0 Å². The van der Waals surface area contributed by atoms with Crippen molar-refractivity contribution < 1.29 is 0 Å². The summed E-state index contributed by atoms with van der Waals surface area (Å²) < 4.78 is 4.83. The molecule has 4 nitrogen and oxygen atoms in total. The highest BCUT2D eigenvalue weighted by molar-refractivity contribution is 6.22. The summed E-state index contributed by atoms with van der Waals surface area (Å²) >= 11 is 0. The topological polar surface area (TPSA) is 16.3 Å². The second-order valence-electron chi connectivity index (χ2n) is 21.0. The fraction of sp³-hybridized carbons (Fsp3) is 0.0617. The van der Waals surface area contributed by atoms with Crippen molar-refractivity contribution >= 4 is 98.7 Å². The summed E-state index contributed by atoms with van der Waals surface area (Å²) in [6.07, 6.45) is 5.58. The number of allylic oxidation sites excluding steroid dienone is 3. The van der Waals surface area contributed by atoms with Gasteiger partial charge in [0.1, 0.15) is 0 Å². The predicted molar refractivity (Wildman–Crippen MR) is 370 cm³/mol. The van der Waals surface area contributed by atoms with E-state index in [1.54, 1.807) is 6.08 Å². The fourth-order valence-corrected chi connectivity index (χ4v) is 11.8. The van der Waals surface area contributed by atoms with E-state index in [0.717, 1.165) is 5.69 Å². The summed E-state index contributed by atoms with van der Waals surface area (Å²) in [6, 6.07) is 105. The zero-order valence-electron chi connectivity index (χ0n) is 48.9. The van der Waals surface area contributed by atoms with Crippen LogP contribution in [0.1, 0.15) is 20.8 Å². The minimum absolute atomic E-state index is 1.16. The summed E-state index contributed by atoms with van der Waals surface area (Å²) in [6.45, 7) is 9.42. The molecule has 0 aliphatic carbocycles. The Kier molecular flexibility index (Phi) is 16.0. The first-order valence-electron chi connectivity index (χ1n) is 29.4. The zero-order chi connectivity index (χ0) is 58.2. The van der Waals surface area contributed by atoms with Crippen LogP contribution in [-0.4, -0.2) is 23.2 Å². The van der Waals surface area contributed by atoms with E-state index in [2.05, 4.69) is 325 Å². The summed E-state index contributed by atoms with van der Waals surface area (Å²) in [7, 11) is 4.24. The number of benzene rings is 13. The molecule has 0 aliphatic heterocycles. The van der Waals surface area contributed by atoms with Gasteiger partial charge < -0.3 is 18.9 Å². The third-order valence-corrected chi connectivity index (χ3v) is 16.1. The molecule has 0 unspecified atom stereocenters. The molecule has 0 atom stereocenters. The van der Waals surface area contributed by atoms with Gasteiger partial charge in [-0.25, -0.2) is 0 Å². The molecule has 0 aliphatic rings. The van der Waals surface area contributed by atoms with E-state index in [1.165, 1.54) is 127 Å². The van der Waals surface area contributed by atoms with E-state index in [4.69, 9.17) is 0 Å². The molecule has 13 aromatic carbocycles. The van der Waals surface area contributed by atoms with Crippen LogP contribution in [0.5, 0.6) is 0 Å². The largest absolute Gasteiger partial charge is 0.345 e. The zero-order valence-corrected chi connectivity index (χ0v) is 48.9. The maximum atomic E-state index is 3.46. The van der Waals surface area contributed by atoms with Gasteiger partial charge in [0.25, 0.3) is 0 Å². The molecule has 0 fully saturated rings. The average Bonchev–Trinajstić information content (AvgIpc) is 2.42. The lowest BCUT2D eigenvalue weighted by Gasteiger charge is -2.20. The van der Waals surface area contributed by atoms with Crippen LogP contribution in [-0.2, 0) is 0 Å². The van der Waals surface area contributed by atoms with Crippen LogP contribution >= 0.6 is 0 Å². The molecular weight excluding hydrogens is 1030 g/mol. The van der Waals surface area contributed by atoms with Crippen molar-refractivity contribution in [2.45, 2.75) is 20.8 Å². The molecule has 15 rings (SSSR count). The average molecular weight is 1100 g/mol. The third-order valence-electron chi connectivity index (χ3n) is 16.1. The minimum atomic E-state index is 1.16. The summed E-state index contributed by atoms with van der Waals surface area (Å²) in [5.41, 5.74) is 16.8. The Morgan fingerprint density at radius 1 is 0.306 bits per heavy atom. The highest BCUT2D eigenvalue weighted by Gasteiger charge is 2.18. The standard InChI is InChI=1S/C41H30N2.C33H24N2.C5H8.C2H6/c1-42(35-11-3-2-4-12-35)36-23-19-31(20-24-36)30-15-17-32(18-16-30)34-22-26-39-38-13-7-8-14-40(38)43(41(39)28-34)37-25-21-29-9-5-6-10-33(29)27-37;1-34(26-12-3-2-4-13-26)27-18-19-30-32(22-27)35(28-17-15-23-9-5-6-11-25(23)21-28)31-20-16-24-10-7-8-14-29(24)33(30)31;1-3-5-4-2;1-2/h2-28H,1H3;2-22H,1H3;3-5H,1H2,2H3;1-2H3/b;;5-4-;. The highest BCUT2D eigenvalue weighted by atomic mass is 15.1. The molecule has 0 bridgehead atoms. The van der Waals surface area contributed by atoms with Crippen LogP contribution in [0.15, 0.2) is 316 Å². The van der Waals surface area contributed by atoms with Crippen molar-refractivity contribution in [1.82, 2.24) is 9.13 Å². The van der Waals surface area contributed by atoms with Gasteiger partial charge in [0.05, 0.1) is 22.1 Å². The predicted octanol–water partition coefficient (Wildman–Crippen LogP) is 22.7. The minimum Gasteiger partial charge on any atom is -0.345 e. The Bertz CT molecular complexity index is 4840. The Morgan fingerprint density at radius 2 is 0.718 bits per heavy atom. The van der Waals surface area contributed by atoms with Gasteiger partial charge in [-0.05, 0) is 152 Å². The monoisotopic (exact) mass is 1100 g/mol. The SMILES string of the molecule is C=C/C=C\C.CC.CN(c1ccccc1)c1ccc(-c2ccc(-c3ccc4c5ccccc5n(-c5ccc6ccccc6c5)c4c3)cc2)cc1.CN(c1ccccc1)c1ccc2c3c4ccccc4ccc3n(-c3ccc4ccccc4c3)c2c1. The molecule has 412 valence electrons. The van der Waals surface area contributed by atoms with Gasteiger partial charge in [-0.2, -0.15) is 0 Å². The Morgan fingerprint density at radius 3 is 1.29 bits per heavy atom. The van der Waals surface area contributed by atoms with E-state index < -0.39 is 0 Å². The van der Waals surface area contributed by atoms with Gasteiger partial charge >= 0.3 is 0 Å². The molecule has 0 saturated heterocycles. The molecule has 0 spiro atoms. The van der Waals surface area contributed by atoms with Gasteiger partial charge in [-0.1, -0.05) is 239 Å². The van der Waals surface area contributed by atoms with Crippen molar-refractivity contribution in [3.8, 4) is 33.6 Å². The van der Waals surface area contributed by atoms with Gasteiger partial charge in [-0.15, -0.1) is 0 Å². The maximum Gasteiger partial charge on any atom is 0.0562 e. The quantitative estimate of drug-likeness (QED) is 0.134. The van der Waals surface area contributed by atoms with Crippen LogP contribution in [0.2, 0.25) is 0 Å². The number of para-hydroxylation sites is 3. The van der Waals surface area contributed by atoms with Gasteiger partial charge in [0.2, 0.25) is 0 Å². The lowest BCUT2D eigenvalue weighted by molar-refractivity contribution is 1.17. The van der Waals surface area contributed by atoms with Crippen molar-refractivity contribution in [3.05, 3.63) is 316 Å². The maximum absolute atomic E-state index is 3.46. The van der Waals surface area contributed by atoms with Crippen LogP contribution in [0.3, 0.4) is 0 Å². The summed E-state index contributed by atoms with van der Waals surface area (Å²) in [4.78, 5) is 4.46. The van der Waals surface area contributed by atoms with Crippen molar-refractivity contribution in [2.24, 2.45) is 0 Å². The second kappa shape index (κ2) is 24.8. The molecule has 0 N–H and O–H groups in total. The lowest BCUT2D eigenvalue weighted by Crippen LogP contribution is -2.09. The van der Waals surface area contributed by atoms with Crippen molar-refractivity contribution in [3.63, 3.8) is 0 Å². The highest BCUT2D eigenvalue weighted by Crippen LogP contribution is 2.41. The molecule has 4 heteroatoms. The Labute approximate surface area is 499 Å². The van der Waals surface area contributed by atoms with Crippen molar-refractivity contribution in [2.75, 3.05) is 23.9 Å².